The van der Waals surface area contributed by atoms with Gasteiger partial charge in [0.05, 0.1) is 0 Å². The summed E-state index contributed by atoms with van der Waals surface area (Å²) in [5.41, 5.74) is 2.46. The van der Waals surface area contributed by atoms with Gasteiger partial charge in [-0.25, -0.2) is 0 Å². The maximum absolute atomic E-state index is 6.00. The van der Waals surface area contributed by atoms with Crippen LogP contribution >= 0.6 is 11.8 Å². The van der Waals surface area contributed by atoms with E-state index in [9.17, 15) is 0 Å². The minimum atomic E-state index is 0.754. The topological polar surface area (TPSA) is 34.2 Å². The number of hydrogen-bond acceptors (Lipinski definition) is 4. The van der Waals surface area contributed by atoms with Crippen LogP contribution in [-0.4, -0.2) is 17.8 Å². The minimum absolute atomic E-state index is 0.754. The van der Waals surface area contributed by atoms with E-state index in [0.717, 1.165) is 30.0 Å². The standard InChI is InChI=1S/C15H16N2OS/c1-16-9-12-10-17-6-4-14(12)18-13-2-3-15-11(8-13)5-7-19-15/h2-4,6,8,10,16H,5,7,9H2,1H3. The van der Waals surface area contributed by atoms with Gasteiger partial charge >= 0.3 is 0 Å². The van der Waals surface area contributed by atoms with Crippen molar-refractivity contribution in [2.75, 3.05) is 12.8 Å². The Morgan fingerprint density at radius 2 is 2.32 bits per heavy atom. The molecule has 1 aliphatic heterocycles. The van der Waals surface area contributed by atoms with Crippen molar-refractivity contribution in [1.82, 2.24) is 10.3 Å². The lowest BCUT2D eigenvalue weighted by Gasteiger charge is -2.11. The predicted molar refractivity (Wildman–Crippen MR) is 77.9 cm³/mol. The van der Waals surface area contributed by atoms with Crippen molar-refractivity contribution < 1.29 is 4.74 Å². The molecule has 4 heteroatoms. The Kier molecular flexibility index (Phi) is 3.71. The molecule has 0 saturated heterocycles. The zero-order chi connectivity index (χ0) is 13.1. The highest BCUT2D eigenvalue weighted by atomic mass is 32.2. The number of pyridine rings is 1. The largest absolute Gasteiger partial charge is 0.457 e. The SMILES string of the molecule is CNCc1cnccc1Oc1ccc2c(c1)CCS2. The van der Waals surface area contributed by atoms with Crippen molar-refractivity contribution in [3.05, 3.63) is 47.8 Å². The first-order valence-electron chi connectivity index (χ1n) is 6.38. The molecule has 98 valence electrons. The average molecular weight is 272 g/mol. The number of aromatic nitrogens is 1. The summed E-state index contributed by atoms with van der Waals surface area (Å²) in [7, 11) is 1.92. The molecule has 0 aliphatic carbocycles. The number of thioether (sulfide) groups is 1. The van der Waals surface area contributed by atoms with Gasteiger partial charge in [0, 0.05) is 35.2 Å². The summed E-state index contributed by atoms with van der Waals surface area (Å²) in [5, 5.41) is 3.13. The molecule has 1 aromatic heterocycles. The molecule has 2 heterocycles. The molecule has 0 amide bonds. The Bertz CT molecular complexity index is 586. The minimum Gasteiger partial charge on any atom is -0.457 e. The number of rotatable bonds is 4. The normalized spacial score (nSPS) is 13.3. The summed E-state index contributed by atoms with van der Waals surface area (Å²) in [5.74, 6) is 2.96. The maximum Gasteiger partial charge on any atom is 0.134 e. The van der Waals surface area contributed by atoms with Crippen LogP contribution in [-0.2, 0) is 13.0 Å². The van der Waals surface area contributed by atoms with Gasteiger partial charge in [0.25, 0.3) is 0 Å². The number of aryl methyl sites for hydroxylation is 1. The van der Waals surface area contributed by atoms with E-state index in [1.807, 2.05) is 37.1 Å². The molecule has 3 rings (SSSR count). The van der Waals surface area contributed by atoms with Gasteiger partial charge in [0.2, 0.25) is 0 Å². The van der Waals surface area contributed by atoms with Crippen molar-refractivity contribution in [3.63, 3.8) is 0 Å². The monoisotopic (exact) mass is 272 g/mol. The molecule has 0 radical (unpaired) electrons. The third-order valence-electron chi connectivity index (χ3n) is 3.11. The van der Waals surface area contributed by atoms with E-state index in [-0.39, 0.29) is 0 Å². The number of nitrogens with one attached hydrogen (secondary N) is 1. The van der Waals surface area contributed by atoms with Crippen LogP contribution in [0.15, 0.2) is 41.6 Å². The zero-order valence-corrected chi connectivity index (χ0v) is 11.7. The second-order valence-corrected chi connectivity index (χ2v) is 5.62. The Balaban J connectivity index is 1.85. The van der Waals surface area contributed by atoms with Crippen molar-refractivity contribution in [2.45, 2.75) is 17.9 Å². The highest BCUT2D eigenvalue weighted by molar-refractivity contribution is 7.99. The lowest BCUT2D eigenvalue weighted by Crippen LogP contribution is -2.06. The van der Waals surface area contributed by atoms with Crippen LogP contribution in [0, 0.1) is 0 Å². The van der Waals surface area contributed by atoms with Gasteiger partial charge in [-0.1, -0.05) is 0 Å². The van der Waals surface area contributed by atoms with E-state index in [2.05, 4.69) is 22.4 Å². The van der Waals surface area contributed by atoms with Crippen LogP contribution in [0.5, 0.6) is 11.5 Å². The van der Waals surface area contributed by atoms with E-state index in [1.54, 1.807) is 6.20 Å². The second kappa shape index (κ2) is 5.63. The summed E-state index contributed by atoms with van der Waals surface area (Å²) in [6.07, 6.45) is 4.74. The van der Waals surface area contributed by atoms with Gasteiger partial charge in [-0.2, -0.15) is 0 Å². The van der Waals surface area contributed by atoms with Gasteiger partial charge in [-0.3, -0.25) is 4.98 Å². The highest BCUT2D eigenvalue weighted by Crippen LogP contribution is 2.35. The van der Waals surface area contributed by atoms with E-state index in [1.165, 1.54) is 16.2 Å². The zero-order valence-electron chi connectivity index (χ0n) is 10.8. The van der Waals surface area contributed by atoms with Gasteiger partial charge in [-0.05, 0) is 43.3 Å². The van der Waals surface area contributed by atoms with Gasteiger partial charge in [-0.15, -0.1) is 11.8 Å². The highest BCUT2D eigenvalue weighted by Gasteiger charge is 2.12. The number of fused-ring (bicyclic) bond motifs is 1. The summed E-state index contributed by atoms with van der Waals surface area (Å²) in [4.78, 5) is 5.53. The van der Waals surface area contributed by atoms with Crippen LogP contribution in [0.1, 0.15) is 11.1 Å². The molecule has 1 N–H and O–H groups in total. The predicted octanol–water partition coefficient (Wildman–Crippen LogP) is 3.24. The Morgan fingerprint density at radius 1 is 1.37 bits per heavy atom. The fraction of sp³-hybridized carbons (Fsp3) is 0.267. The summed E-state index contributed by atoms with van der Waals surface area (Å²) >= 11 is 1.92. The lowest BCUT2D eigenvalue weighted by atomic mass is 10.1. The molecule has 0 atom stereocenters. The third kappa shape index (κ3) is 2.74. The van der Waals surface area contributed by atoms with Crippen molar-refractivity contribution in [3.8, 4) is 11.5 Å². The first kappa shape index (κ1) is 12.5. The molecule has 3 nitrogen and oxygen atoms in total. The molecule has 1 aromatic carbocycles. The smallest absolute Gasteiger partial charge is 0.134 e. The fourth-order valence-corrected chi connectivity index (χ4v) is 3.24. The molecular formula is C15H16N2OS. The second-order valence-electron chi connectivity index (χ2n) is 4.48. The molecule has 19 heavy (non-hydrogen) atoms. The summed E-state index contributed by atoms with van der Waals surface area (Å²) in [6.45, 7) is 0.754. The first-order valence-corrected chi connectivity index (χ1v) is 7.36. The van der Waals surface area contributed by atoms with E-state index < -0.39 is 0 Å². The number of hydrogen-bond donors (Lipinski definition) is 1. The number of benzene rings is 1. The number of ether oxygens (including phenoxy) is 1. The van der Waals surface area contributed by atoms with Crippen LogP contribution < -0.4 is 10.1 Å². The molecule has 0 spiro atoms. The van der Waals surface area contributed by atoms with Crippen molar-refractivity contribution in [1.29, 1.82) is 0 Å². The maximum atomic E-state index is 6.00. The molecule has 0 saturated carbocycles. The van der Waals surface area contributed by atoms with Crippen LogP contribution in [0.2, 0.25) is 0 Å². The van der Waals surface area contributed by atoms with E-state index in [0.29, 0.717) is 0 Å². The summed E-state index contributed by atoms with van der Waals surface area (Å²) in [6, 6.07) is 8.26. The molecule has 0 unspecified atom stereocenters. The van der Waals surface area contributed by atoms with Gasteiger partial charge in [0.1, 0.15) is 11.5 Å². The third-order valence-corrected chi connectivity index (χ3v) is 4.23. The van der Waals surface area contributed by atoms with Crippen molar-refractivity contribution >= 4 is 11.8 Å². The van der Waals surface area contributed by atoms with Crippen LogP contribution in [0.3, 0.4) is 0 Å². The molecule has 0 fully saturated rings. The molecule has 0 bridgehead atoms. The van der Waals surface area contributed by atoms with Crippen molar-refractivity contribution in [2.24, 2.45) is 0 Å². The molecule has 2 aromatic rings. The first-order chi connectivity index (χ1) is 9.36. The van der Waals surface area contributed by atoms with E-state index in [4.69, 9.17) is 4.74 Å². The fourth-order valence-electron chi connectivity index (χ4n) is 2.19. The van der Waals surface area contributed by atoms with E-state index >= 15 is 0 Å². The Labute approximate surface area is 117 Å². The van der Waals surface area contributed by atoms with Gasteiger partial charge in [0.15, 0.2) is 0 Å². The van der Waals surface area contributed by atoms with Gasteiger partial charge < -0.3 is 10.1 Å². The quantitative estimate of drug-likeness (QED) is 0.926. The molecular weight excluding hydrogens is 256 g/mol. The average Bonchev–Trinajstić information content (AvgIpc) is 2.89. The molecule has 1 aliphatic rings. The van der Waals surface area contributed by atoms with Crippen LogP contribution in [0.4, 0.5) is 0 Å². The number of nitrogens with zero attached hydrogens (tertiary/aromatic N) is 1. The Hall–Kier alpha value is -1.52. The Morgan fingerprint density at radius 3 is 3.21 bits per heavy atom. The summed E-state index contributed by atoms with van der Waals surface area (Å²) < 4.78 is 6.00. The lowest BCUT2D eigenvalue weighted by molar-refractivity contribution is 0.472. The van der Waals surface area contributed by atoms with Crippen LogP contribution in [0.25, 0.3) is 0 Å².